The molecule has 0 fully saturated rings. The van der Waals surface area contributed by atoms with E-state index in [1.54, 1.807) is 0 Å². The lowest BCUT2D eigenvalue weighted by Gasteiger charge is -2.16. The van der Waals surface area contributed by atoms with Crippen molar-refractivity contribution in [2.24, 2.45) is 5.73 Å². The molecule has 0 aromatic heterocycles. The van der Waals surface area contributed by atoms with E-state index < -0.39 is 23.9 Å². The third kappa shape index (κ3) is 3.61. The van der Waals surface area contributed by atoms with Crippen LogP contribution in [0, 0.1) is 17.0 Å². The highest BCUT2D eigenvalue weighted by atomic mass is 79.9. The molecule has 0 amide bonds. The summed E-state index contributed by atoms with van der Waals surface area (Å²) in [4.78, 5) is 10.1. The highest BCUT2D eigenvalue weighted by Gasteiger charge is 2.26. The predicted molar refractivity (Wildman–Crippen MR) is 68.0 cm³/mol. The van der Waals surface area contributed by atoms with Crippen LogP contribution in [0.2, 0.25) is 0 Å². The molecule has 1 aromatic rings. The summed E-state index contributed by atoms with van der Waals surface area (Å²) < 4.78 is 26.3. The summed E-state index contributed by atoms with van der Waals surface area (Å²) in [7, 11) is 0. The van der Waals surface area contributed by atoms with Gasteiger partial charge >= 0.3 is 0 Å². The number of aryl methyl sites for hydroxylation is 1. The molecule has 0 saturated heterocycles. The minimum Gasteiger partial charge on any atom is -0.378 e. The number of hydrogen-bond donors (Lipinski definition) is 2. The zero-order valence-electron chi connectivity index (χ0n) is 9.54. The van der Waals surface area contributed by atoms with Crippen LogP contribution < -0.4 is 11.1 Å². The van der Waals surface area contributed by atoms with E-state index in [2.05, 4.69) is 21.2 Å². The summed E-state index contributed by atoms with van der Waals surface area (Å²) in [6.45, 7) is 0.153. The molecule has 5 nitrogen and oxygen atoms in total. The largest absolute Gasteiger partial charge is 0.378 e. The molecular weight excluding hydrogens is 312 g/mol. The third-order valence-corrected chi connectivity index (χ3v) is 2.97. The van der Waals surface area contributed by atoms with E-state index in [1.807, 2.05) is 0 Å². The zero-order chi connectivity index (χ0) is 13.9. The summed E-state index contributed by atoms with van der Waals surface area (Å²) >= 11 is 3.10. The van der Waals surface area contributed by atoms with E-state index in [0.717, 1.165) is 0 Å². The van der Waals surface area contributed by atoms with Crippen molar-refractivity contribution in [3.63, 3.8) is 0 Å². The average molecular weight is 324 g/mol. The maximum atomic E-state index is 13.0. The Morgan fingerprint density at radius 3 is 2.67 bits per heavy atom. The van der Waals surface area contributed by atoms with Gasteiger partial charge in [0.25, 0.3) is 11.6 Å². The number of nitrogens with one attached hydrogen (secondary N) is 1. The second kappa shape index (κ2) is 5.57. The highest BCUT2D eigenvalue weighted by molar-refractivity contribution is 9.10. The molecule has 0 heterocycles. The van der Waals surface area contributed by atoms with Gasteiger partial charge in [-0.15, -0.1) is 0 Å². The smallest absolute Gasteiger partial charge is 0.276 e. The molecule has 18 heavy (non-hydrogen) atoms. The Hall–Kier alpha value is -1.28. The van der Waals surface area contributed by atoms with Crippen LogP contribution in [0.25, 0.3) is 0 Å². The van der Waals surface area contributed by atoms with Crippen molar-refractivity contribution >= 4 is 27.3 Å². The number of nitro benzene ring substituents is 1. The van der Waals surface area contributed by atoms with Crippen molar-refractivity contribution in [3.05, 3.63) is 32.3 Å². The molecule has 0 aliphatic carbocycles. The first-order valence-electron chi connectivity index (χ1n) is 5.03. The Labute approximate surface area is 111 Å². The van der Waals surface area contributed by atoms with E-state index in [-0.39, 0.29) is 5.69 Å². The minimum atomic E-state index is -3.02. The molecular formula is C10H12BrF2N3O2. The number of nitro groups is 1. The van der Waals surface area contributed by atoms with E-state index in [1.165, 1.54) is 19.1 Å². The van der Waals surface area contributed by atoms with Crippen LogP contribution >= 0.6 is 15.9 Å². The van der Waals surface area contributed by atoms with Crippen molar-refractivity contribution < 1.29 is 13.7 Å². The lowest BCUT2D eigenvalue weighted by atomic mass is 10.2. The number of alkyl halides is 2. The van der Waals surface area contributed by atoms with Crippen LogP contribution in [-0.2, 0) is 0 Å². The van der Waals surface area contributed by atoms with E-state index in [4.69, 9.17) is 5.73 Å². The molecule has 0 radical (unpaired) electrons. The van der Waals surface area contributed by atoms with Crippen molar-refractivity contribution in [2.45, 2.75) is 12.8 Å². The van der Waals surface area contributed by atoms with Gasteiger partial charge in [0, 0.05) is 21.8 Å². The molecule has 3 N–H and O–H groups in total. The number of halogens is 3. The first kappa shape index (κ1) is 14.8. The molecule has 0 atom stereocenters. The molecule has 100 valence electrons. The second-order valence-electron chi connectivity index (χ2n) is 3.79. The van der Waals surface area contributed by atoms with Crippen molar-refractivity contribution in [1.29, 1.82) is 0 Å². The zero-order valence-corrected chi connectivity index (χ0v) is 11.1. The quantitative estimate of drug-likeness (QED) is 0.644. The molecule has 1 aromatic carbocycles. The molecule has 0 unspecified atom stereocenters. The fraction of sp³-hybridized carbons (Fsp3) is 0.400. The fourth-order valence-corrected chi connectivity index (χ4v) is 1.77. The van der Waals surface area contributed by atoms with Gasteiger partial charge in [-0.25, -0.2) is 8.78 Å². The lowest BCUT2D eigenvalue weighted by molar-refractivity contribution is -0.385. The van der Waals surface area contributed by atoms with E-state index in [9.17, 15) is 18.9 Å². The van der Waals surface area contributed by atoms with Crippen LogP contribution in [0.4, 0.5) is 20.2 Å². The molecule has 0 spiro atoms. The fourth-order valence-electron chi connectivity index (χ4n) is 1.30. The Balaban J connectivity index is 2.92. The van der Waals surface area contributed by atoms with Gasteiger partial charge in [-0.2, -0.15) is 0 Å². The van der Waals surface area contributed by atoms with Gasteiger partial charge in [-0.1, -0.05) is 0 Å². The van der Waals surface area contributed by atoms with Crippen LogP contribution in [0.5, 0.6) is 0 Å². The second-order valence-corrected chi connectivity index (χ2v) is 4.64. The summed E-state index contributed by atoms with van der Waals surface area (Å²) in [5.74, 6) is -3.02. The monoisotopic (exact) mass is 323 g/mol. The van der Waals surface area contributed by atoms with Gasteiger partial charge in [0.05, 0.1) is 18.0 Å². The van der Waals surface area contributed by atoms with Gasteiger partial charge in [0.2, 0.25) is 0 Å². The Morgan fingerprint density at radius 1 is 1.56 bits per heavy atom. The summed E-state index contributed by atoms with van der Waals surface area (Å²) in [6, 6.07) is 2.72. The normalized spacial score (nSPS) is 11.4. The average Bonchev–Trinajstić information content (AvgIpc) is 2.29. The predicted octanol–water partition coefficient (Wildman–Crippen LogP) is 2.67. The number of benzene rings is 1. The van der Waals surface area contributed by atoms with Crippen LogP contribution in [-0.4, -0.2) is 23.9 Å². The van der Waals surface area contributed by atoms with Crippen molar-refractivity contribution in [2.75, 3.05) is 18.4 Å². The minimum absolute atomic E-state index is 0.0713. The van der Waals surface area contributed by atoms with E-state index >= 15 is 0 Å². The number of hydrogen-bond acceptors (Lipinski definition) is 4. The standard InChI is InChI=1S/C10H12BrF2N3O2/c1-6-2-8(15-5-10(12,13)4-14)7(11)3-9(6)16(17)18/h2-3,15H,4-5,14H2,1H3. The third-order valence-electron chi connectivity index (χ3n) is 2.32. The summed E-state index contributed by atoms with van der Waals surface area (Å²) in [5.41, 5.74) is 5.60. The van der Waals surface area contributed by atoms with Gasteiger partial charge < -0.3 is 11.1 Å². The number of nitrogens with two attached hydrogens (primary N) is 1. The van der Waals surface area contributed by atoms with Gasteiger partial charge in [0.15, 0.2) is 0 Å². The van der Waals surface area contributed by atoms with Crippen LogP contribution in [0.1, 0.15) is 5.56 Å². The molecule has 1 rings (SSSR count). The molecule has 8 heteroatoms. The molecule has 0 aliphatic rings. The highest BCUT2D eigenvalue weighted by Crippen LogP contribution is 2.31. The topological polar surface area (TPSA) is 81.2 Å². The molecule has 0 saturated carbocycles. The maximum absolute atomic E-state index is 13.0. The summed E-state index contributed by atoms with van der Waals surface area (Å²) in [6.07, 6.45) is 0. The SMILES string of the molecule is Cc1cc(NCC(F)(F)CN)c(Br)cc1[N+](=O)[O-]. The first-order valence-corrected chi connectivity index (χ1v) is 5.82. The Kier molecular flexibility index (Phi) is 4.58. The molecule has 0 bridgehead atoms. The lowest BCUT2D eigenvalue weighted by Crippen LogP contribution is -2.35. The number of anilines is 1. The van der Waals surface area contributed by atoms with Gasteiger partial charge in [-0.05, 0) is 28.9 Å². The van der Waals surface area contributed by atoms with Crippen LogP contribution in [0.3, 0.4) is 0 Å². The Bertz CT molecular complexity index is 469. The van der Waals surface area contributed by atoms with E-state index in [0.29, 0.717) is 15.7 Å². The summed E-state index contributed by atoms with van der Waals surface area (Å²) in [5, 5.41) is 13.2. The van der Waals surface area contributed by atoms with Crippen LogP contribution in [0.15, 0.2) is 16.6 Å². The number of rotatable bonds is 5. The first-order chi connectivity index (χ1) is 8.26. The molecule has 0 aliphatic heterocycles. The van der Waals surface area contributed by atoms with Gasteiger partial charge in [0.1, 0.15) is 0 Å². The maximum Gasteiger partial charge on any atom is 0.276 e. The van der Waals surface area contributed by atoms with Gasteiger partial charge in [-0.3, -0.25) is 10.1 Å². The van der Waals surface area contributed by atoms with Crippen molar-refractivity contribution in [3.8, 4) is 0 Å². The van der Waals surface area contributed by atoms with Crippen molar-refractivity contribution in [1.82, 2.24) is 0 Å². The number of nitrogens with zero attached hydrogens (tertiary/aromatic N) is 1. The Morgan fingerprint density at radius 2 is 2.17 bits per heavy atom.